The lowest BCUT2D eigenvalue weighted by Crippen LogP contribution is -2.68. The molecular weight excluding hydrogens is 212 g/mol. The number of ether oxygens (including phenoxy) is 1. The van der Waals surface area contributed by atoms with Crippen LogP contribution in [-0.4, -0.2) is 23.4 Å². The molecule has 1 heterocycles. The Bertz CT molecular complexity index is 384. The van der Waals surface area contributed by atoms with Gasteiger partial charge < -0.3 is 9.84 Å². The molecular formula is C15H24O2. The van der Waals surface area contributed by atoms with Crippen LogP contribution in [0.3, 0.4) is 0 Å². The van der Waals surface area contributed by atoms with E-state index in [1.807, 2.05) is 0 Å². The molecule has 0 aromatic heterocycles. The van der Waals surface area contributed by atoms with Crippen LogP contribution in [-0.2, 0) is 4.74 Å². The van der Waals surface area contributed by atoms with Crippen LogP contribution < -0.4 is 0 Å². The van der Waals surface area contributed by atoms with Crippen molar-refractivity contribution in [3.63, 3.8) is 0 Å². The largest absolute Gasteiger partial charge is 0.393 e. The maximum atomic E-state index is 10.5. The highest BCUT2D eigenvalue weighted by Gasteiger charge is 2.82. The molecule has 17 heavy (non-hydrogen) atoms. The van der Waals surface area contributed by atoms with Crippen LogP contribution in [0.1, 0.15) is 52.9 Å². The molecule has 3 saturated carbocycles. The van der Waals surface area contributed by atoms with Gasteiger partial charge in [0.25, 0.3) is 0 Å². The van der Waals surface area contributed by atoms with Crippen molar-refractivity contribution in [2.45, 2.75) is 64.6 Å². The molecule has 3 aliphatic carbocycles. The molecule has 0 aromatic rings. The number of aliphatic hydroxyl groups excluding tert-OH is 1. The molecule has 1 N–H and O–H groups in total. The molecule has 5 atom stereocenters. The predicted octanol–water partition coefficient (Wildman–Crippen LogP) is 2.74. The van der Waals surface area contributed by atoms with Crippen LogP contribution >= 0.6 is 0 Å². The van der Waals surface area contributed by atoms with Crippen molar-refractivity contribution in [2.24, 2.45) is 22.2 Å². The highest BCUT2D eigenvalue weighted by Crippen LogP contribution is 2.82. The molecule has 0 unspecified atom stereocenters. The third-order valence-electron chi connectivity index (χ3n) is 7.11. The molecule has 96 valence electrons. The molecule has 4 rings (SSSR count). The molecule has 0 bridgehead atoms. The Morgan fingerprint density at radius 1 is 1.12 bits per heavy atom. The van der Waals surface area contributed by atoms with Gasteiger partial charge in [0, 0.05) is 10.8 Å². The van der Waals surface area contributed by atoms with E-state index in [1.165, 1.54) is 19.3 Å². The lowest BCUT2D eigenvalue weighted by molar-refractivity contribution is -0.235. The van der Waals surface area contributed by atoms with Gasteiger partial charge in [0.15, 0.2) is 0 Å². The average Bonchev–Trinajstić information content (AvgIpc) is 2.96. The Kier molecular flexibility index (Phi) is 1.65. The Morgan fingerprint density at radius 3 is 2.41 bits per heavy atom. The number of epoxide rings is 1. The van der Waals surface area contributed by atoms with Crippen molar-refractivity contribution >= 4 is 0 Å². The normalized spacial score (nSPS) is 62.8. The van der Waals surface area contributed by atoms with E-state index in [9.17, 15) is 5.11 Å². The minimum Gasteiger partial charge on any atom is -0.393 e. The summed E-state index contributed by atoms with van der Waals surface area (Å²) in [6.07, 6.45) is 5.71. The predicted molar refractivity (Wildman–Crippen MR) is 65.6 cm³/mol. The fourth-order valence-electron chi connectivity index (χ4n) is 6.27. The molecule has 2 spiro atoms. The number of hydrogen-bond donors (Lipinski definition) is 1. The van der Waals surface area contributed by atoms with Crippen LogP contribution in [0.4, 0.5) is 0 Å². The van der Waals surface area contributed by atoms with E-state index in [2.05, 4.69) is 20.8 Å². The summed E-state index contributed by atoms with van der Waals surface area (Å²) in [4.78, 5) is 0. The van der Waals surface area contributed by atoms with E-state index in [0.717, 1.165) is 25.4 Å². The maximum Gasteiger partial charge on any atom is 0.0982 e. The monoisotopic (exact) mass is 236 g/mol. The van der Waals surface area contributed by atoms with Crippen LogP contribution in [0.2, 0.25) is 0 Å². The van der Waals surface area contributed by atoms with Crippen molar-refractivity contribution < 1.29 is 9.84 Å². The van der Waals surface area contributed by atoms with Crippen molar-refractivity contribution in [3.8, 4) is 0 Å². The summed E-state index contributed by atoms with van der Waals surface area (Å²) < 4.78 is 5.97. The zero-order chi connectivity index (χ0) is 12.1. The second kappa shape index (κ2) is 2.60. The maximum absolute atomic E-state index is 10.5. The van der Waals surface area contributed by atoms with E-state index in [4.69, 9.17) is 4.74 Å². The zero-order valence-corrected chi connectivity index (χ0v) is 11.3. The molecule has 4 fully saturated rings. The SMILES string of the molecule is CC1(C)C[C@]23[C@H]1CC[C@@]2(C)[C@H](O)CC[C@]31CO1. The summed E-state index contributed by atoms with van der Waals surface area (Å²) in [5.74, 6) is 0.775. The van der Waals surface area contributed by atoms with Gasteiger partial charge in [0.1, 0.15) is 0 Å². The van der Waals surface area contributed by atoms with E-state index in [1.54, 1.807) is 0 Å². The van der Waals surface area contributed by atoms with Crippen LogP contribution in [0, 0.1) is 22.2 Å². The van der Waals surface area contributed by atoms with Gasteiger partial charge in [-0.15, -0.1) is 0 Å². The van der Waals surface area contributed by atoms with Gasteiger partial charge in [-0.05, 0) is 43.4 Å². The van der Waals surface area contributed by atoms with Gasteiger partial charge >= 0.3 is 0 Å². The van der Waals surface area contributed by atoms with Crippen LogP contribution in [0.15, 0.2) is 0 Å². The standard InChI is InChI=1S/C15H24O2/c1-12(2)8-15-10(12)4-6-13(15,3)11(16)5-7-14(15)9-17-14/h10-11,16H,4-9H2,1-3H3/t10-,11+,13-,14-,15-/m0/s1. The first-order chi connectivity index (χ1) is 7.88. The molecule has 0 radical (unpaired) electrons. The Hall–Kier alpha value is -0.0800. The molecule has 0 amide bonds. The van der Waals surface area contributed by atoms with Crippen molar-refractivity contribution in [1.82, 2.24) is 0 Å². The smallest absolute Gasteiger partial charge is 0.0982 e. The van der Waals surface area contributed by atoms with Crippen molar-refractivity contribution in [1.29, 1.82) is 0 Å². The first-order valence-electron chi connectivity index (χ1n) is 7.20. The molecule has 4 aliphatic rings. The lowest BCUT2D eigenvalue weighted by Gasteiger charge is -2.68. The summed E-state index contributed by atoms with van der Waals surface area (Å²) in [7, 11) is 0. The fourth-order valence-corrected chi connectivity index (χ4v) is 6.27. The fraction of sp³-hybridized carbons (Fsp3) is 1.00. The summed E-state index contributed by atoms with van der Waals surface area (Å²) in [5, 5.41) is 10.5. The van der Waals surface area contributed by atoms with Crippen LogP contribution in [0.5, 0.6) is 0 Å². The van der Waals surface area contributed by atoms with E-state index >= 15 is 0 Å². The summed E-state index contributed by atoms with van der Waals surface area (Å²) in [5.41, 5.74) is 1.06. The third-order valence-corrected chi connectivity index (χ3v) is 7.11. The second-order valence-electron chi connectivity index (χ2n) is 7.98. The van der Waals surface area contributed by atoms with Gasteiger partial charge in [-0.1, -0.05) is 20.8 Å². The highest BCUT2D eigenvalue weighted by molar-refractivity contribution is 5.30. The van der Waals surface area contributed by atoms with E-state index in [0.29, 0.717) is 10.8 Å². The Balaban J connectivity index is 1.85. The number of rotatable bonds is 0. The van der Waals surface area contributed by atoms with E-state index < -0.39 is 0 Å². The topological polar surface area (TPSA) is 32.8 Å². The van der Waals surface area contributed by atoms with Gasteiger partial charge in [0.05, 0.1) is 18.3 Å². The summed E-state index contributed by atoms with van der Waals surface area (Å²) in [6, 6.07) is 0. The number of aliphatic hydroxyl groups is 1. The summed E-state index contributed by atoms with van der Waals surface area (Å²) in [6.45, 7) is 8.12. The Morgan fingerprint density at radius 2 is 1.82 bits per heavy atom. The second-order valence-corrected chi connectivity index (χ2v) is 7.98. The first-order valence-corrected chi connectivity index (χ1v) is 7.20. The zero-order valence-electron chi connectivity index (χ0n) is 11.3. The summed E-state index contributed by atoms with van der Waals surface area (Å²) >= 11 is 0. The quantitative estimate of drug-likeness (QED) is 0.656. The molecule has 1 aliphatic heterocycles. The first kappa shape index (κ1) is 10.8. The van der Waals surface area contributed by atoms with Crippen molar-refractivity contribution in [2.75, 3.05) is 6.61 Å². The highest BCUT2D eigenvalue weighted by atomic mass is 16.6. The van der Waals surface area contributed by atoms with Crippen molar-refractivity contribution in [3.05, 3.63) is 0 Å². The third kappa shape index (κ3) is 0.889. The minimum absolute atomic E-state index is 0.0987. The molecule has 1 saturated heterocycles. The lowest BCUT2D eigenvalue weighted by atomic mass is 9.36. The van der Waals surface area contributed by atoms with Gasteiger partial charge in [-0.25, -0.2) is 0 Å². The van der Waals surface area contributed by atoms with Gasteiger partial charge in [-0.3, -0.25) is 0 Å². The van der Waals surface area contributed by atoms with Gasteiger partial charge in [-0.2, -0.15) is 0 Å². The van der Waals surface area contributed by atoms with Gasteiger partial charge in [0.2, 0.25) is 0 Å². The molecule has 2 heteroatoms. The van der Waals surface area contributed by atoms with E-state index in [-0.39, 0.29) is 17.1 Å². The Labute approximate surface area is 104 Å². The van der Waals surface area contributed by atoms with Crippen LogP contribution in [0.25, 0.3) is 0 Å². The average molecular weight is 236 g/mol. The minimum atomic E-state index is -0.0987. The number of hydrogen-bond acceptors (Lipinski definition) is 2. The molecule has 2 nitrogen and oxygen atoms in total. The molecule has 0 aromatic carbocycles.